The third kappa shape index (κ3) is 3.25. The molecular formula is C13H15N3O4. The molecule has 1 aromatic carbocycles. The van der Waals surface area contributed by atoms with Crippen LogP contribution in [0.1, 0.15) is 23.2 Å². The molecule has 0 aromatic heterocycles. The molecule has 0 radical (unpaired) electrons. The fourth-order valence-corrected chi connectivity index (χ4v) is 2.01. The van der Waals surface area contributed by atoms with Crippen LogP contribution in [0.2, 0.25) is 0 Å². The zero-order valence-electron chi connectivity index (χ0n) is 10.7. The molecule has 4 N–H and O–H groups in total. The maximum Gasteiger partial charge on any atom is 0.337 e. The number of hydrogen-bond donors (Lipinski definition) is 4. The van der Waals surface area contributed by atoms with E-state index >= 15 is 0 Å². The second kappa shape index (κ2) is 6.05. The van der Waals surface area contributed by atoms with Gasteiger partial charge in [-0.3, -0.25) is 4.79 Å². The minimum absolute atomic E-state index is 0.00394. The van der Waals surface area contributed by atoms with E-state index in [1.807, 2.05) is 0 Å². The first-order valence-electron chi connectivity index (χ1n) is 6.25. The summed E-state index contributed by atoms with van der Waals surface area (Å²) in [6.45, 7) is 0.612. The lowest BCUT2D eigenvalue weighted by Gasteiger charge is -2.23. The van der Waals surface area contributed by atoms with Crippen LogP contribution in [0.4, 0.5) is 10.5 Å². The van der Waals surface area contributed by atoms with Gasteiger partial charge >= 0.3 is 12.0 Å². The van der Waals surface area contributed by atoms with Crippen LogP contribution < -0.4 is 16.0 Å². The summed E-state index contributed by atoms with van der Waals surface area (Å²) in [5.41, 5.74) is 0.185. The van der Waals surface area contributed by atoms with E-state index in [-0.39, 0.29) is 17.2 Å². The van der Waals surface area contributed by atoms with Crippen molar-refractivity contribution in [3.8, 4) is 0 Å². The molecule has 1 aliphatic rings. The standard InChI is InChI=1S/C13H15N3O4/c17-11-10(6-3-7-14-11)16-13(20)15-9-5-2-1-4-8(9)12(18)19/h1-2,4-5,10H,3,6-7H2,(H,14,17)(H,18,19)(H2,15,16,20). The van der Waals surface area contributed by atoms with Crippen molar-refractivity contribution in [3.63, 3.8) is 0 Å². The van der Waals surface area contributed by atoms with Crippen LogP contribution in [0.15, 0.2) is 24.3 Å². The number of rotatable bonds is 3. The molecule has 1 fully saturated rings. The van der Waals surface area contributed by atoms with Gasteiger partial charge in [-0.25, -0.2) is 9.59 Å². The number of urea groups is 1. The maximum absolute atomic E-state index is 11.8. The Morgan fingerprint density at radius 2 is 2.05 bits per heavy atom. The van der Waals surface area contributed by atoms with Crippen molar-refractivity contribution in [3.05, 3.63) is 29.8 Å². The molecular weight excluding hydrogens is 262 g/mol. The molecule has 1 heterocycles. The summed E-state index contributed by atoms with van der Waals surface area (Å²) in [6, 6.07) is 4.90. The van der Waals surface area contributed by atoms with Crippen molar-refractivity contribution >= 4 is 23.6 Å². The van der Waals surface area contributed by atoms with E-state index in [9.17, 15) is 14.4 Å². The largest absolute Gasteiger partial charge is 0.478 e. The smallest absolute Gasteiger partial charge is 0.337 e. The Bertz CT molecular complexity index is 544. The van der Waals surface area contributed by atoms with E-state index in [1.165, 1.54) is 12.1 Å². The predicted molar refractivity (Wildman–Crippen MR) is 71.6 cm³/mol. The van der Waals surface area contributed by atoms with Gasteiger partial charge in [-0.05, 0) is 25.0 Å². The van der Waals surface area contributed by atoms with Gasteiger partial charge in [0.1, 0.15) is 6.04 Å². The zero-order valence-corrected chi connectivity index (χ0v) is 10.7. The number of benzene rings is 1. The third-order valence-electron chi connectivity index (χ3n) is 3.00. The minimum Gasteiger partial charge on any atom is -0.478 e. The first-order valence-corrected chi connectivity index (χ1v) is 6.25. The number of amides is 3. The summed E-state index contributed by atoms with van der Waals surface area (Å²) < 4.78 is 0. The molecule has 2 rings (SSSR count). The van der Waals surface area contributed by atoms with Crippen LogP contribution in [-0.2, 0) is 4.79 Å². The minimum atomic E-state index is -1.13. The second-order valence-electron chi connectivity index (χ2n) is 4.44. The quantitative estimate of drug-likeness (QED) is 0.655. The van der Waals surface area contributed by atoms with E-state index in [1.54, 1.807) is 12.1 Å². The summed E-state index contributed by atoms with van der Waals surface area (Å²) in [7, 11) is 0. The van der Waals surface area contributed by atoms with Crippen LogP contribution in [0, 0.1) is 0 Å². The molecule has 0 spiro atoms. The topological polar surface area (TPSA) is 108 Å². The molecule has 0 aliphatic carbocycles. The molecule has 7 heteroatoms. The fraction of sp³-hybridized carbons (Fsp3) is 0.308. The van der Waals surface area contributed by atoms with Gasteiger partial charge in [0, 0.05) is 6.54 Å². The number of carboxylic acids is 1. The summed E-state index contributed by atoms with van der Waals surface area (Å²) in [4.78, 5) is 34.3. The highest BCUT2D eigenvalue weighted by molar-refractivity contribution is 6.01. The molecule has 7 nitrogen and oxygen atoms in total. The molecule has 106 valence electrons. The molecule has 1 aliphatic heterocycles. The Balaban J connectivity index is 2.01. The zero-order chi connectivity index (χ0) is 14.5. The Morgan fingerprint density at radius 3 is 2.75 bits per heavy atom. The van der Waals surface area contributed by atoms with Crippen molar-refractivity contribution in [1.29, 1.82) is 0 Å². The van der Waals surface area contributed by atoms with Crippen LogP contribution in [0.25, 0.3) is 0 Å². The highest BCUT2D eigenvalue weighted by Gasteiger charge is 2.23. The number of nitrogens with one attached hydrogen (secondary N) is 3. The van der Waals surface area contributed by atoms with Gasteiger partial charge in [0.15, 0.2) is 0 Å². The SMILES string of the molecule is O=C(Nc1ccccc1C(=O)O)NC1CCCNC1=O. The van der Waals surface area contributed by atoms with E-state index in [0.717, 1.165) is 6.42 Å². The van der Waals surface area contributed by atoms with Crippen molar-refractivity contribution in [1.82, 2.24) is 10.6 Å². The van der Waals surface area contributed by atoms with E-state index in [0.29, 0.717) is 13.0 Å². The first-order chi connectivity index (χ1) is 9.58. The number of carboxylic acid groups (broad SMARTS) is 1. The van der Waals surface area contributed by atoms with Gasteiger partial charge in [-0.1, -0.05) is 12.1 Å². The normalized spacial score (nSPS) is 18.0. The molecule has 3 amide bonds. The monoisotopic (exact) mass is 277 g/mol. The molecule has 1 aromatic rings. The fourth-order valence-electron chi connectivity index (χ4n) is 2.01. The van der Waals surface area contributed by atoms with Gasteiger partial charge in [0.05, 0.1) is 11.3 Å². The Hall–Kier alpha value is -2.57. The number of hydrogen-bond acceptors (Lipinski definition) is 3. The van der Waals surface area contributed by atoms with Crippen LogP contribution in [0.3, 0.4) is 0 Å². The van der Waals surface area contributed by atoms with E-state index in [4.69, 9.17) is 5.11 Å². The van der Waals surface area contributed by atoms with Crippen molar-refractivity contribution < 1.29 is 19.5 Å². The number of para-hydroxylation sites is 1. The lowest BCUT2D eigenvalue weighted by atomic mass is 10.1. The lowest BCUT2D eigenvalue weighted by Crippen LogP contribution is -2.51. The lowest BCUT2D eigenvalue weighted by molar-refractivity contribution is -0.124. The van der Waals surface area contributed by atoms with Crippen molar-refractivity contribution in [2.75, 3.05) is 11.9 Å². The van der Waals surface area contributed by atoms with Crippen molar-refractivity contribution in [2.24, 2.45) is 0 Å². The molecule has 0 bridgehead atoms. The number of piperidine rings is 1. The van der Waals surface area contributed by atoms with Crippen LogP contribution >= 0.6 is 0 Å². The number of carbonyl (C=O) groups excluding carboxylic acids is 2. The Labute approximate surface area is 115 Å². The second-order valence-corrected chi connectivity index (χ2v) is 4.44. The van der Waals surface area contributed by atoms with Gasteiger partial charge < -0.3 is 21.1 Å². The van der Waals surface area contributed by atoms with Gasteiger partial charge in [0.25, 0.3) is 0 Å². The summed E-state index contributed by atoms with van der Waals surface area (Å²) >= 11 is 0. The van der Waals surface area contributed by atoms with Gasteiger partial charge in [-0.15, -0.1) is 0 Å². The molecule has 0 saturated carbocycles. The number of anilines is 1. The Kier molecular flexibility index (Phi) is 4.19. The van der Waals surface area contributed by atoms with Crippen LogP contribution in [-0.4, -0.2) is 35.6 Å². The average molecular weight is 277 g/mol. The van der Waals surface area contributed by atoms with E-state index < -0.39 is 18.0 Å². The van der Waals surface area contributed by atoms with Crippen molar-refractivity contribution in [2.45, 2.75) is 18.9 Å². The summed E-state index contributed by atoms with van der Waals surface area (Å²) in [6.07, 6.45) is 1.36. The Morgan fingerprint density at radius 1 is 1.30 bits per heavy atom. The maximum atomic E-state index is 11.8. The first kappa shape index (κ1) is 13.9. The number of carbonyl (C=O) groups is 3. The number of aromatic carboxylic acids is 1. The third-order valence-corrected chi connectivity index (χ3v) is 3.00. The molecule has 1 atom stereocenters. The highest BCUT2D eigenvalue weighted by Crippen LogP contribution is 2.14. The summed E-state index contributed by atoms with van der Waals surface area (Å²) in [5, 5.41) is 16.6. The predicted octanol–water partition coefficient (Wildman–Crippen LogP) is 0.785. The molecule has 20 heavy (non-hydrogen) atoms. The summed E-state index contributed by atoms with van der Waals surface area (Å²) in [5.74, 6) is -1.35. The van der Waals surface area contributed by atoms with Crippen LogP contribution in [0.5, 0.6) is 0 Å². The molecule has 1 unspecified atom stereocenters. The van der Waals surface area contributed by atoms with Gasteiger partial charge in [-0.2, -0.15) is 0 Å². The van der Waals surface area contributed by atoms with Gasteiger partial charge in [0.2, 0.25) is 5.91 Å². The van der Waals surface area contributed by atoms with E-state index in [2.05, 4.69) is 16.0 Å². The average Bonchev–Trinajstić information content (AvgIpc) is 2.41. The highest BCUT2D eigenvalue weighted by atomic mass is 16.4. The molecule has 1 saturated heterocycles.